The van der Waals surface area contributed by atoms with Gasteiger partial charge < -0.3 is 14.7 Å². The van der Waals surface area contributed by atoms with Crippen molar-refractivity contribution in [3.8, 4) is 33.9 Å². The molecule has 5 heterocycles. The summed E-state index contributed by atoms with van der Waals surface area (Å²) in [7, 11) is 0. The van der Waals surface area contributed by atoms with E-state index in [0.717, 1.165) is 47.8 Å². The molecule has 0 radical (unpaired) electrons. The van der Waals surface area contributed by atoms with Gasteiger partial charge in [0, 0.05) is 28.8 Å². The number of furan rings is 1. The molecular formula is C28H22FN7O2. The van der Waals surface area contributed by atoms with Crippen LogP contribution in [0.4, 0.5) is 10.1 Å². The molecule has 0 saturated heterocycles. The third kappa shape index (κ3) is 3.73. The zero-order valence-electron chi connectivity index (χ0n) is 20.2. The average molecular weight is 508 g/mol. The number of aromatic nitrogens is 6. The lowest BCUT2D eigenvalue weighted by atomic mass is 10.1. The van der Waals surface area contributed by atoms with E-state index in [-0.39, 0.29) is 22.9 Å². The number of carbonyl (C=O) groups excluding carboxylic acids is 1. The number of hydrogen-bond acceptors (Lipinski definition) is 6. The van der Waals surface area contributed by atoms with E-state index in [1.54, 1.807) is 24.8 Å². The summed E-state index contributed by atoms with van der Waals surface area (Å²) in [5.74, 6) is -0.143. The molecule has 38 heavy (non-hydrogen) atoms. The average Bonchev–Trinajstić information content (AvgIpc) is 3.74. The maximum Gasteiger partial charge on any atom is 0.227 e. The molecule has 1 amide bonds. The van der Waals surface area contributed by atoms with Crippen molar-refractivity contribution in [1.82, 2.24) is 30.1 Å². The van der Waals surface area contributed by atoms with E-state index in [2.05, 4.69) is 30.5 Å². The second kappa shape index (κ2) is 8.91. The Morgan fingerprint density at radius 3 is 2.79 bits per heavy atom. The lowest BCUT2D eigenvalue weighted by Crippen LogP contribution is -2.20. The molecule has 0 unspecified atom stereocenters. The summed E-state index contributed by atoms with van der Waals surface area (Å²) in [6, 6.07) is 9.33. The van der Waals surface area contributed by atoms with E-state index >= 15 is 4.39 Å². The van der Waals surface area contributed by atoms with Crippen molar-refractivity contribution in [3.63, 3.8) is 0 Å². The maximum atomic E-state index is 16.0. The molecule has 1 aromatic carbocycles. The Balaban J connectivity index is 1.28. The second-order valence-corrected chi connectivity index (χ2v) is 9.51. The quantitative estimate of drug-likeness (QED) is 0.259. The number of halogens is 1. The number of pyridine rings is 2. The summed E-state index contributed by atoms with van der Waals surface area (Å²) in [4.78, 5) is 29.2. The van der Waals surface area contributed by atoms with E-state index in [0.29, 0.717) is 28.3 Å². The van der Waals surface area contributed by atoms with Crippen molar-refractivity contribution in [1.29, 1.82) is 0 Å². The molecule has 1 aliphatic carbocycles. The number of nitrogens with one attached hydrogen (secondary N) is 3. The van der Waals surface area contributed by atoms with Crippen LogP contribution >= 0.6 is 0 Å². The largest absolute Gasteiger partial charge is 0.472 e. The van der Waals surface area contributed by atoms with Gasteiger partial charge in [-0.3, -0.25) is 19.9 Å². The highest BCUT2D eigenvalue weighted by Crippen LogP contribution is 2.35. The Bertz CT molecular complexity index is 1800. The van der Waals surface area contributed by atoms with Crippen molar-refractivity contribution in [2.75, 3.05) is 5.32 Å². The first kappa shape index (κ1) is 22.3. The minimum absolute atomic E-state index is 0.0104. The Labute approximate surface area is 215 Å². The second-order valence-electron chi connectivity index (χ2n) is 9.51. The highest BCUT2D eigenvalue weighted by atomic mass is 19.1. The van der Waals surface area contributed by atoms with Crippen LogP contribution in [0.3, 0.4) is 0 Å². The fourth-order valence-corrected chi connectivity index (χ4v) is 5.21. The number of anilines is 1. The first-order valence-corrected chi connectivity index (χ1v) is 12.5. The van der Waals surface area contributed by atoms with Gasteiger partial charge in [-0.25, -0.2) is 9.37 Å². The van der Waals surface area contributed by atoms with Crippen molar-refractivity contribution in [3.05, 3.63) is 67.3 Å². The Morgan fingerprint density at radius 2 is 1.95 bits per heavy atom. The Morgan fingerprint density at radius 1 is 1.05 bits per heavy atom. The number of rotatable bonds is 5. The summed E-state index contributed by atoms with van der Waals surface area (Å²) in [6.07, 6.45) is 11.8. The van der Waals surface area contributed by atoms with Crippen LogP contribution in [0.1, 0.15) is 25.7 Å². The number of amides is 1. The number of para-hydroxylation sites is 1. The van der Waals surface area contributed by atoms with E-state index < -0.39 is 5.82 Å². The smallest absolute Gasteiger partial charge is 0.227 e. The van der Waals surface area contributed by atoms with Gasteiger partial charge in [-0.15, -0.1) is 0 Å². The van der Waals surface area contributed by atoms with Crippen LogP contribution < -0.4 is 5.32 Å². The SMILES string of the molecule is O=C(Nc1cncc(-c2ncc3[nH]nc(-c4nc5c(-c6ccoc6)cccc5[nH]4)c3c2F)c1)C1CCCC1. The molecule has 0 aliphatic heterocycles. The van der Waals surface area contributed by atoms with E-state index in [1.807, 2.05) is 24.3 Å². The summed E-state index contributed by atoms with van der Waals surface area (Å²) in [6.45, 7) is 0. The molecular weight excluding hydrogens is 485 g/mol. The predicted molar refractivity (Wildman–Crippen MR) is 140 cm³/mol. The number of carbonyl (C=O) groups is 1. The van der Waals surface area contributed by atoms with Gasteiger partial charge in [-0.05, 0) is 31.0 Å². The third-order valence-electron chi connectivity index (χ3n) is 7.12. The minimum atomic E-state index is -0.553. The molecule has 3 N–H and O–H groups in total. The molecule has 0 atom stereocenters. The Kier molecular flexibility index (Phi) is 5.24. The van der Waals surface area contributed by atoms with Crippen LogP contribution in [0, 0.1) is 11.7 Å². The normalized spacial score (nSPS) is 14.0. The van der Waals surface area contributed by atoms with E-state index in [1.165, 1.54) is 12.4 Å². The molecule has 188 valence electrons. The van der Waals surface area contributed by atoms with Gasteiger partial charge in [0.1, 0.15) is 11.4 Å². The molecule has 0 spiro atoms. The summed E-state index contributed by atoms with van der Waals surface area (Å²) >= 11 is 0. The molecule has 7 rings (SSSR count). The summed E-state index contributed by atoms with van der Waals surface area (Å²) in [5, 5.41) is 10.4. The van der Waals surface area contributed by atoms with Crippen LogP contribution in [-0.4, -0.2) is 36.0 Å². The van der Waals surface area contributed by atoms with Crippen molar-refractivity contribution in [2.45, 2.75) is 25.7 Å². The molecule has 0 bridgehead atoms. The van der Waals surface area contributed by atoms with Crippen molar-refractivity contribution >= 4 is 33.5 Å². The standard InChI is InChI=1S/C28H22FN7O2/c29-23-22-21(13-31-24(23)17-10-18(12-30-11-17)32-28(37)15-4-1-2-5-15)35-36-26(22)27-33-20-7-3-6-19(25(20)34-27)16-8-9-38-14-16/h3,6-15H,1-2,4-5H2,(H,32,37)(H,33,34)(H,35,36). The monoisotopic (exact) mass is 507 g/mol. The van der Waals surface area contributed by atoms with Gasteiger partial charge in [0.25, 0.3) is 0 Å². The minimum Gasteiger partial charge on any atom is -0.472 e. The van der Waals surface area contributed by atoms with Gasteiger partial charge in [0.05, 0.1) is 52.5 Å². The first-order chi connectivity index (χ1) is 18.7. The van der Waals surface area contributed by atoms with Crippen LogP contribution in [-0.2, 0) is 4.79 Å². The number of nitrogens with zero attached hydrogens (tertiary/aromatic N) is 4. The van der Waals surface area contributed by atoms with Crippen molar-refractivity contribution in [2.24, 2.45) is 5.92 Å². The molecule has 1 fully saturated rings. The number of H-pyrrole nitrogens is 2. The fourth-order valence-electron chi connectivity index (χ4n) is 5.21. The molecule has 10 heteroatoms. The first-order valence-electron chi connectivity index (χ1n) is 12.5. The molecule has 6 aromatic rings. The highest BCUT2D eigenvalue weighted by molar-refractivity contribution is 5.98. The van der Waals surface area contributed by atoms with Gasteiger partial charge in [-0.1, -0.05) is 25.0 Å². The fraction of sp³-hybridized carbons (Fsp3) is 0.179. The molecule has 1 saturated carbocycles. The zero-order chi connectivity index (χ0) is 25.6. The Hall–Kier alpha value is -4.86. The number of hydrogen-bond donors (Lipinski definition) is 3. The number of imidazole rings is 1. The molecule has 5 aromatic heterocycles. The maximum absolute atomic E-state index is 16.0. The van der Waals surface area contributed by atoms with E-state index in [4.69, 9.17) is 9.40 Å². The van der Waals surface area contributed by atoms with Crippen molar-refractivity contribution < 1.29 is 13.6 Å². The zero-order valence-corrected chi connectivity index (χ0v) is 20.2. The van der Waals surface area contributed by atoms with Gasteiger partial charge in [0.15, 0.2) is 11.6 Å². The number of fused-ring (bicyclic) bond motifs is 2. The number of benzene rings is 1. The van der Waals surface area contributed by atoms with Crippen LogP contribution in [0.15, 0.2) is 65.9 Å². The van der Waals surface area contributed by atoms with Crippen LogP contribution in [0.25, 0.3) is 55.8 Å². The summed E-state index contributed by atoms with van der Waals surface area (Å²) in [5.41, 5.74) is 5.16. The summed E-state index contributed by atoms with van der Waals surface area (Å²) < 4.78 is 21.3. The molecule has 1 aliphatic rings. The lowest BCUT2D eigenvalue weighted by Gasteiger charge is -2.11. The lowest BCUT2D eigenvalue weighted by molar-refractivity contribution is -0.119. The predicted octanol–water partition coefficient (Wildman–Crippen LogP) is 6.09. The molecule has 9 nitrogen and oxygen atoms in total. The van der Waals surface area contributed by atoms with Gasteiger partial charge >= 0.3 is 0 Å². The topological polar surface area (TPSA) is 125 Å². The third-order valence-corrected chi connectivity index (χ3v) is 7.12. The van der Waals surface area contributed by atoms with Gasteiger partial charge in [-0.2, -0.15) is 5.10 Å². The van der Waals surface area contributed by atoms with Gasteiger partial charge in [0.2, 0.25) is 5.91 Å². The highest BCUT2D eigenvalue weighted by Gasteiger charge is 2.24. The number of aromatic amines is 2. The van der Waals surface area contributed by atoms with Crippen LogP contribution in [0.2, 0.25) is 0 Å². The van der Waals surface area contributed by atoms with Crippen LogP contribution in [0.5, 0.6) is 0 Å². The van der Waals surface area contributed by atoms with E-state index in [9.17, 15) is 4.79 Å².